The molecule has 0 unspecified atom stereocenters. The van der Waals surface area contributed by atoms with Crippen LogP contribution in [0, 0.1) is 11.8 Å². The van der Waals surface area contributed by atoms with Gasteiger partial charge in [0.1, 0.15) is 0 Å². The van der Waals surface area contributed by atoms with E-state index in [-0.39, 0.29) is 0 Å². The molecule has 0 spiro atoms. The number of nitrogens with one attached hydrogen (secondary N) is 1. The van der Waals surface area contributed by atoms with Gasteiger partial charge in [0, 0.05) is 12.8 Å². The molecule has 2 rings (SSSR count). The number of hydrogen-bond donors (Lipinski definition) is 1. The summed E-state index contributed by atoms with van der Waals surface area (Å²) >= 11 is 0. The lowest BCUT2D eigenvalue weighted by Crippen LogP contribution is -2.21. The quantitative estimate of drug-likeness (QED) is 0.900. The standard InChI is InChI=1S/C16H25NO2S/c1-3-13-8-10-14(11-9-13)12-17-15-6-4-5-7-16(15)20(2,18)19/h4-7,13-14,17H,3,8-12H2,1-2H3. The molecular weight excluding hydrogens is 270 g/mol. The Morgan fingerprint density at radius 3 is 2.30 bits per heavy atom. The van der Waals surface area contributed by atoms with Crippen LogP contribution in [0.4, 0.5) is 5.69 Å². The van der Waals surface area contributed by atoms with Crippen LogP contribution in [0.15, 0.2) is 29.2 Å². The first-order valence-corrected chi connectivity index (χ1v) is 9.42. The molecule has 1 aromatic carbocycles. The Balaban J connectivity index is 1.95. The number of anilines is 1. The summed E-state index contributed by atoms with van der Waals surface area (Å²) in [6.45, 7) is 3.15. The largest absolute Gasteiger partial charge is 0.384 e. The van der Waals surface area contributed by atoms with E-state index in [4.69, 9.17) is 0 Å². The minimum Gasteiger partial charge on any atom is -0.384 e. The fourth-order valence-corrected chi connectivity index (χ4v) is 3.90. The fourth-order valence-electron chi connectivity index (χ4n) is 3.03. The summed E-state index contributed by atoms with van der Waals surface area (Å²) in [7, 11) is -3.16. The molecule has 3 nitrogen and oxygen atoms in total. The molecule has 112 valence electrons. The second-order valence-corrected chi connectivity index (χ2v) is 7.93. The van der Waals surface area contributed by atoms with Gasteiger partial charge in [-0.2, -0.15) is 0 Å². The maximum Gasteiger partial charge on any atom is 0.177 e. The number of sulfone groups is 1. The Labute approximate surface area is 122 Å². The van der Waals surface area contributed by atoms with Crippen LogP contribution in [0.25, 0.3) is 0 Å². The van der Waals surface area contributed by atoms with Crippen molar-refractivity contribution < 1.29 is 8.42 Å². The number of para-hydroxylation sites is 1. The van der Waals surface area contributed by atoms with Gasteiger partial charge >= 0.3 is 0 Å². The Bertz CT molecular complexity index is 531. The van der Waals surface area contributed by atoms with E-state index in [9.17, 15) is 8.42 Å². The van der Waals surface area contributed by atoms with Gasteiger partial charge in [-0.3, -0.25) is 0 Å². The molecular formula is C16H25NO2S. The van der Waals surface area contributed by atoms with Gasteiger partial charge in [-0.15, -0.1) is 0 Å². The van der Waals surface area contributed by atoms with Crippen LogP contribution in [0.5, 0.6) is 0 Å². The van der Waals surface area contributed by atoms with Crippen LogP contribution in [-0.4, -0.2) is 21.2 Å². The van der Waals surface area contributed by atoms with E-state index >= 15 is 0 Å². The van der Waals surface area contributed by atoms with Gasteiger partial charge in [-0.1, -0.05) is 38.3 Å². The Kier molecular flexibility index (Phi) is 5.08. The summed E-state index contributed by atoms with van der Waals surface area (Å²) in [4.78, 5) is 0.405. The van der Waals surface area contributed by atoms with E-state index in [1.165, 1.54) is 38.4 Å². The van der Waals surface area contributed by atoms with Crippen molar-refractivity contribution in [3.05, 3.63) is 24.3 Å². The summed E-state index contributed by atoms with van der Waals surface area (Å²) in [5, 5.41) is 3.34. The van der Waals surface area contributed by atoms with Crippen LogP contribution in [0.1, 0.15) is 39.0 Å². The first-order valence-electron chi connectivity index (χ1n) is 7.53. The summed E-state index contributed by atoms with van der Waals surface area (Å²) in [6.07, 6.45) is 7.70. The normalized spacial score (nSPS) is 23.5. The van der Waals surface area contributed by atoms with E-state index in [0.717, 1.165) is 18.2 Å². The monoisotopic (exact) mass is 295 g/mol. The molecule has 4 heteroatoms. The summed E-state index contributed by atoms with van der Waals surface area (Å²) in [5.74, 6) is 1.57. The van der Waals surface area contributed by atoms with Gasteiger partial charge in [-0.05, 0) is 36.8 Å². The van der Waals surface area contributed by atoms with Gasteiger partial charge in [0.15, 0.2) is 9.84 Å². The second-order valence-electron chi connectivity index (χ2n) is 5.94. The van der Waals surface area contributed by atoms with Crippen molar-refractivity contribution in [2.45, 2.75) is 43.9 Å². The molecule has 0 bridgehead atoms. The number of benzene rings is 1. The summed E-state index contributed by atoms with van der Waals surface area (Å²) in [6, 6.07) is 7.18. The van der Waals surface area contributed by atoms with Crippen molar-refractivity contribution in [1.29, 1.82) is 0 Å². The topological polar surface area (TPSA) is 46.2 Å². The number of hydrogen-bond acceptors (Lipinski definition) is 3. The molecule has 0 atom stereocenters. The summed E-state index contributed by atoms with van der Waals surface area (Å²) in [5.41, 5.74) is 0.743. The van der Waals surface area contributed by atoms with Crippen LogP contribution in [0.3, 0.4) is 0 Å². The van der Waals surface area contributed by atoms with Crippen molar-refractivity contribution in [3.8, 4) is 0 Å². The van der Waals surface area contributed by atoms with Gasteiger partial charge in [0.2, 0.25) is 0 Å². The van der Waals surface area contributed by atoms with E-state index < -0.39 is 9.84 Å². The molecule has 0 saturated heterocycles. The first kappa shape index (κ1) is 15.4. The lowest BCUT2D eigenvalue weighted by Gasteiger charge is -2.28. The lowest BCUT2D eigenvalue weighted by atomic mass is 9.81. The highest BCUT2D eigenvalue weighted by molar-refractivity contribution is 7.90. The molecule has 0 radical (unpaired) electrons. The van der Waals surface area contributed by atoms with E-state index in [0.29, 0.717) is 10.8 Å². The highest BCUT2D eigenvalue weighted by atomic mass is 32.2. The Morgan fingerprint density at radius 2 is 1.70 bits per heavy atom. The van der Waals surface area contributed by atoms with E-state index in [2.05, 4.69) is 12.2 Å². The third kappa shape index (κ3) is 3.98. The van der Waals surface area contributed by atoms with E-state index in [1.54, 1.807) is 12.1 Å². The van der Waals surface area contributed by atoms with Gasteiger partial charge in [0.05, 0.1) is 10.6 Å². The third-order valence-corrected chi connectivity index (χ3v) is 5.57. The maximum atomic E-state index is 11.7. The predicted molar refractivity (Wildman–Crippen MR) is 83.8 cm³/mol. The van der Waals surface area contributed by atoms with E-state index in [1.807, 2.05) is 12.1 Å². The Hall–Kier alpha value is -1.03. The molecule has 20 heavy (non-hydrogen) atoms. The number of rotatable bonds is 5. The first-order chi connectivity index (χ1) is 9.50. The fraction of sp³-hybridized carbons (Fsp3) is 0.625. The van der Waals surface area contributed by atoms with Crippen LogP contribution in [-0.2, 0) is 9.84 Å². The summed E-state index contributed by atoms with van der Waals surface area (Å²) < 4.78 is 23.5. The zero-order valence-electron chi connectivity index (χ0n) is 12.4. The molecule has 0 aliphatic heterocycles. The molecule has 1 aromatic rings. The smallest absolute Gasteiger partial charge is 0.177 e. The molecule has 0 aromatic heterocycles. The van der Waals surface area contributed by atoms with Crippen molar-refractivity contribution >= 4 is 15.5 Å². The van der Waals surface area contributed by atoms with Crippen LogP contribution >= 0.6 is 0 Å². The van der Waals surface area contributed by atoms with Crippen molar-refractivity contribution in [2.24, 2.45) is 11.8 Å². The zero-order chi connectivity index (χ0) is 14.6. The highest BCUT2D eigenvalue weighted by Gasteiger charge is 2.20. The highest BCUT2D eigenvalue weighted by Crippen LogP contribution is 2.31. The third-order valence-electron chi connectivity index (χ3n) is 4.41. The maximum absolute atomic E-state index is 11.7. The minimum atomic E-state index is -3.16. The molecule has 0 heterocycles. The molecule has 1 saturated carbocycles. The second kappa shape index (κ2) is 6.61. The molecule has 1 aliphatic rings. The van der Waals surface area contributed by atoms with Gasteiger partial charge < -0.3 is 5.32 Å². The van der Waals surface area contributed by atoms with Crippen molar-refractivity contribution in [1.82, 2.24) is 0 Å². The van der Waals surface area contributed by atoms with Gasteiger partial charge in [0.25, 0.3) is 0 Å². The van der Waals surface area contributed by atoms with Gasteiger partial charge in [-0.25, -0.2) is 8.42 Å². The van der Waals surface area contributed by atoms with Crippen molar-refractivity contribution in [2.75, 3.05) is 18.1 Å². The molecule has 0 amide bonds. The molecule has 1 fully saturated rings. The minimum absolute atomic E-state index is 0.405. The predicted octanol–water partition coefficient (Wildman–Crippen LogP) is 3.72. The zero-order valence-corrected chi connectivity index (χ0v) is 13.2. The van der Waals surface area contributed by atoms with Crippen LogP contribution in [0.2, 0.25) is 0 Å². The van der Waals surface area contributed by atoms with Crippen molar-refractivity contribution in [3.63, 3.8) is 0 Å². The molecule has 1 N–H and O–H groups in total. The molecule has 1 aliphatic carbocycles. The SMILES string of the molecule is CCC1CCC(CNc2ccccc2S(C)(=O)=O)CC1. The lowest BCUT2D eigenvalue weighted by molar-refractivity contribution is 0.278. The van der Waals surface area contributed by atoms with Crippen LogP contribution < -0.4 is 5.32 Å². The Morgan fingerprint density at radius 1 is 1.10 bits per heavy atom. The average molecular weight is 295 g/mol. The average Bonchev–Trinajstić information content (AvgIpc) is 2.45.